The first-order valence-electron chi connectivity index (χ1n) is 6.06. The summed E-state index contributed by atoms with van der Waals surface area (Å²) in [6, 6.07) is -1.05. The highest BCUT2D eigenvalue weighted by Gasteiger charge is 2.35. The summed E-state index contributed by atoms with van der Waals surface area (Å²) in [7, 11) is 0. The van der Waals surface area contributed by atoms with Crippen molar-refractivity contribution in [3.63, 3.8) is 0 Å². The highest BCUT2D eigenvalue weighted by molar-refractivity contribution is 7.98. The van der Waals surface area contributed by atoms with Crippen molar-refractivity contribution in [1.82, 2.24) is 10.2 Å². The van der Waals surface area contributed by atoms with Crippen LogP contribution < -0.4 is 11.1 Å². The summed E-state index contributed by atoms with van der Waals surface area (Å²) in [6.07, 6.45) is 4.44. The normalized spacial score (nSPS) is 16.1. The largest absolute Gasteiger partial charge is 0.395 e. The van der Waals surface area contributed by atoms with E-state index >= 15 is 0 Å². The van der Waals surface area contributed by atoms with Crippen LogP contribution in [0.5, 0.6) is 0 Å². The molecule has 7 heteroatoms. The lowest BCUT2D eigenvalue weighted by Crippen LogP contribution is -2.51. The molecule has 1 aliphatic carbocycles. The van der Waals surface area contributed by atoms with E-state index in [4.69, 9.17) is 10.8 Å². The van der Waals surface area contributed by atoms with Crippen molar-refractivity contribution in [1.29, 1.82) is 0 Å². The third-order valence-corrected chi connectivity index (χ3v) is 3.48. The van der Waals surface area contributed by atoms with E-state index in [0.29, 0.717) is 13.0 Å². The molecular formula is C11H21N3O3S. The van der Waals surface area contributed by atoms with Crippen molar-refractivity contribution in [2.45, 2.75) is 31.3 Å². The van der Waals surface area contributed by atoms with Gasteiger partial charge < -0.3 is 21.1 Å². The second-order valence-corrected chi connectivity index (χ2v) is 5.31. The highest BCUT2D eigenvalue weighted by Crippen LogP contribution is 2.27. The molecule has 1 rings (SSSR count). The molecule has 1 aliphatic rings. The van der Waals surface area contributed by atoms with Crippen LogP contribution in [0.25, 0.3) is 0 Å². The van der Waals surface area contributed by atoms with Gasteiger partial charge in [-0.1, -0.05) is 0 Å². The Morgan fingerprint density at radius 2 is 2.22 bits per heavy atom. The molecule has 0 aromatic rings. The number of thioether (sulfide) groups is 1. The molecular weight excluding hydrogens is 254 g/mol. The molecule has 0 heterocycles. The van der Waals surface area contributed by atoms with Crippen LogP contribution in [-0.4, -0.2) is 59.2 Å². The number of nitrogens with two attached hydrogens (primary N) is 1. The van der Waals surface area contributed by atoms with E-state index in [1.54, 1.807) is 16.7 Å². The molecule has 6 nitrogen and oxygen atoms in total. The van der Waals surface area contributed by atoms with Crippen LogP contribution in [0.15, 0.2) is 0 Å². The number of nitrogens with zero attached hydrogens (tertiary/aromatic N) is 1. The van der Waals surface area contributed by atoms with Gasteiger partial charge in [-0.3, -0.25) is 4.79 Å². The Morgan fingerprint density at radius 1 is 1.56 bits per heavy atom. The first-order valence-corrected chi connectivity index (χ1v) is 7.45. The van der Waals surface area contributed by atoms with Crippen LogP contribution in [0.4, 0.5) is 4.79 Å². The van der Waals surface area contributed by atoms with Gasteiger partial charge in [0.05, 0.1) is 6.61 Å². The van der Waals surface area contributed by atoms with Gasteiger partial charge in [-0.25, -0.2) is 4.79 Å². The van der Waals surface area contributed by atoms with Crippen LogP contribution >= 0.6 is 11.8 Å². The minimum absolute atomic E-state index is 0.0614. The number of nitrogens with one attached hydrogen (secondary N) is 1. The van der Waals surface area contributed by atoms with Gasteiger partial charge in [0.15, 0.2) is 0 Å². The fraction of sp³-hybridized carbons (Fsp3) is 0.818. The molecule has 1 atom stereocenters. The zero-order valence-electron chi connectivity index (χ0n) is 10.6. The third kappa shape index (κ3) is 4.73. The molecule has 0 aliphatic heterocycles. The van der Waals surface area contributed by atoms with E-state index < -0.39 is 12.1 Å². The monoisotopic (exact) mass is 275 g/mol. The second kappa shape index (κ2) is 7.48. The molecule has 1 unspecified atom stereocenters. The predicted octanol–water partition coefficient (Wildman–Crippen LogP) is -0.240. The lowest BCUT2D eigenvalue weighted by atomic mass is 10.2. The number of primary amides is 1. The maximum absolute atomic E-state index is 12.3. The maximum atomic E-state index is 12.3. The maximum Gasteiger partial charge on any atom is 0.312 e. The molecule has 0 saturated heterocycles. The highest BCUT2D eigenvalue weighted by atomic mass is 32.2. The minimum atomic E-state index is -0.686. The van der Waals surface area contributed by atoms with Crippen molar-refractivity contribution in [3.05, 3.63) is 0 Å². The molecule has 3 amide bonds. The Balaban J connectivity index is 2.61. The number of aliphatic hydroxyl groups excluding tert-OH is 1. The van der Waals surface area contributed by atoms with E-state index in [2.05, 4.69) is 5.32 Å². The first-order chi connectivity index (χ1) is 8.60. The van der Waals surface area contributed by atoms with E-state index in [-0.39, 0.29) is 18.6 Å². The molecule has 4 N–H and O–H groups in total. The van der Waals surface area contributed by atoms with Crippen LogP contribution in [0, 0.1) is 0 Å². The number of amides is 3. The average molecular weight is 275 g/mol. The number of carbonyl (C=O) groups is 2. The van der Waals surface area contributed by atoms with Crippen LogP contribution in [0.2, 0.25) is 0 Å². The Kier molecular flexibility index (Phi) is 6.28. The fourth-order valence-electron chi connectivity index (χ4n) is 1.83. The van der Waals surface area contributed by atoms with Gasteiger partial charge in [-0.15, -0.1) is 0 Å². The minimum Gasteiger partial charge on any atom is -0.395 e. The van der Waals surface area contributed by atoms with Crippen molar-refractivity contribution in [2.75, 3.05) is 25.2 Å². The molecule has 0 spiro atoms. The van der Waals surface area contributed by atoms with Crippen molar-refractivity contribution in [3.8, 4) is 0 Å². The van der Waals surface area contributed by atoms with Gasteiger partial charge in [0.25, 0.3) is 0 Å². The summed E-state index contributed by atoms with van der Waals surface area (Å²) < 4.78 is 0. The molecule has 104 valence electrons. The topological polar surface area (TPSA) is 95.7 Å². The Bertz CT molecular complexity index is 297. The van der Waals surface area contributed by atoms with Gasteiger partial charge in [-0.2, -0.15) is 11.8 Å². The molecule has 0 aromatic heterocycles. The van der Waals surface area contributed by atoms with Crippen LogP contribution in [0.1, 0.15) is 19.3 Å². The van der Waals surface area contributed by atoms with Gasteiger partial charge in [0.2, 0.25) is 5.91 Å². The zero-order chi connectivity index (χ0) is 13.5. The Hall–Kier alpha value is -0.950. The molecule has 0 bridgehead atoms. The quantitative estimate of drug-likeness (QED) is 0.569. The number of hydrogen-bond acceptors (Lipinski definition) is 4. The van der Waals surface area contributed by atoms with Crippen LogP contribution in [0.3, 0.4) is 0 Å². The third-order valence-electron chi connectivity index (χ3n) is 2.84. The summed E-state index contributed by atoms with van der Waals surface area (Å²) in [5, 5.41) is 11.5. The van der Waals surface area contributed by atoms with E-state index in [1.807, 2.05) is 6.26 Å². The van der Waals surface area contributed by atoms with Gasteiger partial charge in [0.1, 0.15) is 6.04 Å². The van der Waals surface area contributed by atoms with Gasteiger partial charge in [-0.05, 0) is 31.3 Å². The SMILES string of the molecule is CSCCC(NC(N)=O)C(=O)N(CCO)C1CC1. The molecule has 0 radical (unpaired) electrons. The first kappa shape index (κ1) is 15.1. The number of urea groups is 1. The summed E-state index contributed by atoms with van der Waals surface area (Å²) in [6.45, 7) is 0.258. The van der Waals surface area contributed by atoms with Crippen molar-refractivity contribution < 1.29 is 14.7 Å². The Morgan fingerprint density at radius 3 is 2.67 bits per heavy atom. The standard InChI is InChI=1S/C11H21N3O3S/c1-18-7-4-9(13-11(12)17)10(16)14(5-6-15)8-2-3-8/h8-9,15H,2-7H2,1H3,(H3,12,13,17). The lowest BCUT2D eigenvalue weighted by Gasteiger charge is -2.27. The summed E-state index contributed by atoms with van der Waals surface area (Å²) in [5.74, 6) is 0.633. The van der Waals surface area contributed by atoms with E-state index in [0.717, 1.165) is 18.6 Å². The second-order valence-electron chi connectivity index (χ2n) is 4.33. The van der Waals surface area contributed by atoms with Gasteiger partial charge >= 0.3 is 6.03 Å². The summed E-state index contributed by atoms with van der Waals surface area (Å²) >= 11 is 1.61. The molecule has 1 fully saturated rings. The summed E-state index contributed by atoms with van der Waals surface area (Å²) in [4.78, 5) is 24.9. The zero-order valence-corrected chi connectivity index (χ0v) is 11.4. The summed E-state index contributed by atoms with van der Waals surface area (Å²) in [5.41, 5.74) is 5.09. The van der Waals surface area contributed by atoms with Gasteiger partial charge in [0, 0.05) is 12.6 Å². The molecule has 0 aromatic carbocycles. The number of aliphatic hydroxyl groups is 1. The Labute approximate surface area is 111 Å². The lowest BCUT2D eigenvalue weighted by molar-refractivity contribution is -0.134. The smallest absolute Gasteiger partial charge is 0.312 e. The van der Waals surface area contributed by atoms with Crippen LogP contribution in [-0.2, 0) is 4.79 Å². The molecule has 1 saturated carbocycles. The van der Waals surface area contributed by atoms with Crippen molar-refractivity contribution >= 4 is 23.7 Å². The van der Waals surface area contributed by atoms with E-state index in [9.17, 15) is 9.59 Å². The predicted molar refractivity (Wildman–Crippen MR) is 71.3 cm³/mol. The fourth-order valence-corrected chi connectivity index (χ4v) is 2.30. The number of hydrogen-bond donors (Lipinski definition) is 3. The number of carbonyl (C=O) groups excluding carboxylic acids is 2. The number of rotatable bonds is 8. The van der Waals surface area contributed by atoms with E-state index in [1.165, 1.54) is 0 Å². The average Bonchev–Trinajstić information content (AvgIpc) is 3.14. The molecule has 18 heavy (non-hydrogen) atoms. The van der Waals surface area contributed by atoms with Crippen molar-refractivity contribution in [2.24, 2.45) is 5.73 Å².